The molecule has 0 atom stereocenters. The predicted octanol–water partition coefficient (Wildman–Crippen LogP) is 2.64. The number of aromatic nitrogens is 1. The molecule has 2 rings (SSSR count). The van der Waals surface area contributed by atoms with Gasteiger partial charge in [-0.15, -0.1) is 11.3 Å². The molecule has 0 spiro atoms. The topological polar surface area (TPSA) is 54.0 Å². The second kappa shape index (κ2) is 6.37. The van der Waals surface area contributed by atoms with Crippen LogP contribution in [0, 0.1) is 0 Å². The second-order valence-electron chi connectivity index (χ2n) is 3.53. The number of hydrogen-bond donors (Lipinski definition) is 2. The summed E-state index contributed by atoms with van der Waals surface area (Å²) in [7, 11) is 0. The fraction of sp³-hybridized carbons (Fsp3) is 0.167. The van der Waals surface area contributed by atoms with Crippen molar-refractivity contribution in [2.75, 3.05) is 18.4 Å². The zero-order valence-electron chi connectivity index (χ0n) is 9.52. The van der Waals surface area contributed by atoms with Crippen molar-refractivity contribution in [3.05, 3.63) is 45.9 Å². The van der Waals surface area contributed by atoms with E-state index in [0.717, 1.165) is 5.69 Å². The number of carbonyl (C=O) groups excluding carboxylic acids is 1. The normalized spacial score (nSPS) is 10.1. The van der Waals surface area contributed by atoms with Crippen LogP contribution in [-0.2, 0) is 0 Å². The number of carbonyl (C=O) groups is 1. The molecule has 0 aliphatic carbocycles. The highest BCUT2D eigenvalue weighted by Gasteiger charge is 2.07. The Balaban J connectivity index is 1.71. The highest BCUT2D eigenvalue weighted by Crippen LogP contribution is 2.20. The Labute approximate surface area is 114 Å². The van der Waals surface area contributed by atoms with E-state index in [1.54, 1.807) is 24.5 Å². The van der Waals surface area contributed by atoms with Crippen LogP contribution in [0.1, 0.15) is 9.67 Å². The number of rotatable bonds is 5. The minimum absolute atomic E-state index is 0.0973. The van der Waals surface area contributed by atoms with Gasteiger partial charge in [0.15, 0.2) is 0 Å². The molecule has 94 valence electrons. The fourth-order valence-electron chi connectivity index (χ4n) is 1.37. The van der Waals surface area contributed by atoms with Crippen molar-refractivity contribution < 1.29 is 4.79 Å². The molecule has 2 N–H and O–H groups in total. The third-order valence-corrected chi connectivity index (χ3v) is 3.43. The molecule has 2 aromatic rings. The average molecular weight is 282 g/mol. The van der Waals surface area contributed by atoms with Crippen LogP contribution in [0.3, 0.4) is 0 Å². The molecule has 2 heterocycles. The SMILES string of the molecule is O=C(NCCNc1cccnc1)c1ccc(Cl)s1. The molecule has 0 saturated heterocycles. The van der Waals surface area contributed by atoms with E-state index in [-0.39, 0.29) is 5.91 Å². The second-order valence-corrected chi connectivity index (χ2v) is 5.24. The molecule has 0 radical (unpaired) electrons. The monoisotopic (exact) mass is 281 g/mol. The van der Waals surface area contributed by atoms with Gasteiger partial charge in [0.05, 0.1) is 14.9 Å². The van der Waals surface area contributed by atoms with Crippen molar-refractivity contribution in [1.82, 2.24) is 10.3 Å². The first-order chi connectivity index (χ1) is 8.75. The summed E-state index contributed by atoms with van der Waals surface area (Å²) in [6.45, 7) is 1.19. The summed E-state index contributed by atoms with van der Waals surface area (Å²) in [5, 5.41) is 5.97. The van der Waals surface area contributed by atoms with Crippen LogP contribution in [0.25, 0.3) is 0 Å². The average Bonchev–Trinajstić information content (AvgIpc) is 2.82. The van der Waals surface area contributed by atoms with Gasteiger partial charge < -0.3 is 10.6 Å². The molecule has 6 heteroatoms. The molecular formula is C12H12ClN3OS. The maximum absolute atomic E-state index is 11.7. The van der Waals surface area contributed by atoms with Gasteiger partial charge in [0.2, 0.25) is 0 Å². The molecule has 0 bridgehead atoms. The molecule has 2 aromatic heterocycles. The molecule has 0 unspecified atom stereocenters. The first-order valence-corrected chi connectivity index (χ1v) is 6.62. The van der Waals surface area contributed by atoms with Gasteiger partial charge in [0.1, 0.15) is 0 Å². The Kier molecular flexibility index (Phi) is 4.55. The van der Waals surface area contributed by atoms with E-state index < -0.39 is 0 Å². The number of amides is 1. The molecule has 0 aromatic carbocycles. The summed E-state index contributed by atoms with van der Waals surface area (Å²) in [4.78, 5) is 16.3. The molecular weight excluding hydrogens is 270 g/mol. The van der Waals surface area contributed by atoms with Crippen LogP contribution in [0.2, 0.25) is 4.34 Å². The van der Waals surface area contributed by atoms with Crippen LogP contribution in [0.4, 0.5) is 5.69 Å². The lowest BCUT2D eigenvalue weighted by Gasteiger charge is -2.06. The molecule has 0 fully saturated rings. The number of thiophene rings is 1. The Morgan fingerprint density at radius 1 is 1.33 bits per heavy atom. The minimum Gasteiger partial charge on any atom is -0.382 e. The van der Waals surface area contributed by atoms with Crippen molar-refractivity contribution in [2.45, 2.75) is 0 Å². The predicted molar refractivity (Wildman–Crippen MR) is 74.4 cm³/mol. The van der Waals surface area contributed by atoms with E-state index in [1.165, 1.54) is 11.3 Å². The van der Waals surface area contributed by atoms with Crippen LogP contribution in [0.15, 0.2) is 36.7 Å². The van der Waals surface area contributed by atoms with Crippen LogP contribution < -0.4 is 10.6 Å². The van der Waals surface area contributed by atoms with E-state index in [4.69, 9.17) is 11.6 Å². The zero-order chi connectivity index (χ0) is 12.8. The Hall–Kier alpha value is -1.59. The lowest BCUT2D eigenvalue weighted by atomic mass is 10.4. The van der Waals surface area contributed by atoms with E-state index >= 15 is 0 Å². The van der Waals surface area contributed by atoms with Gasteiger partial charge in [-0.2, -0.15) is 0 Å². The maximum atomic E-state index is 11.7. The van der Waals surface area contributed by atoms with Gasteiger partial charge >= 0.3 is 0 Å². The summed E-state index contributed by atoms with van der Waals surface area (Å²) in [5.74, 6) is -0.0973. The smallest absolute Gasteiger partial charge is 0.261 e. The lowest BCUT2D eigenvalue weighted by molar-refractivity contribution is 0.0959. The van der Waals surface area contributed by atoms with Crippen LogP contribution in [0.5, 0.6) is 0 Å². The standard InChI is InChI=1S/C12H12ClN3OS/c13-11-4-3-10(18-11)12(17)16-7-6-15-9-2-1-5-14-8-9/h1-5,8,15H,6-7H2,(H,16,17). The van der Waals surface area contributed by atoms with Gasteiger partial charge in [-0.25, -0.2) is 0 Å². The first kappa shape index (κ1) is 12.9. The Morgan fingerprint density at radius 3 is 2.89 bits per heavy atom. The maximum Gasteiger partial charge on any atom is 0.261 e. The third-order valence-electron chi connectivity index (χ3n) is 2.20. The van der Waals surface area contributed by atoms with Gasteiger partial charge in [-0.3, -0.25) is 9.78 Å². The van der Waals surface area contributed by atoms with Gasteiger partial charge in [0.25, 0.3) is 5.91 Å². The third kappa shape index (κ3) is 3.72. The van der Waals surface area contributed by atoms with E-state index in [2.05, 4.69) is 15.6 Å². The van der Waals surface area contributed by atoms with E-state index in [1.807, 2.05) is 12.1 Å². The first-order valence-electron chi connectivity index (χ1n) is 5.43. The summed E-state index contributed by atoms with van der Waals surface area (Å²) in [5.41, 5.74) is 0.936. The number of halogens is 1. The number of pyridine rings is 1. The molecule has 1 amide bonds. The van der Waals surface area contributed by atoms with Crippen molar-refractivity contribution in [2.24, 2.45) is 0 Å². The summed E-state index contributed by atoms with van der Waals surface area (Å²) >= 11 is 7.04. The van der Waals surface area contributed by atoms with Crippen molar-refractivity contribution >= 4 is 34.5 Å². The largest absolute Gasteiger partial charge is 0.382 e. The summed E-state index contributed by atoms with van der Waals surface area (Å²) < 4.78 is 0.619. The van der Waals surface area contributed by atoms with Crippen molar-refractivity contribution in [3.63, 3.8) is 0 Å². The number of hydrogen-bond acceptors (Lipinski definition) is 4. The van der Waals surface area contributed by atoms with Crippen molar-refractivity contribution in [1.29, 1.82) is 0 Å². The summed E-state index contributed by atoms with van der Waals surface area (Å²) in [6, 6.07) is 7.22. The van der Waals surface area contributed by atoms with Crippen LogP contribution >= 0.6 is 22.9 Å². The van der Waals surface area contributed by atoms with Gasteiger partial charge in [0, 0.05) is 25.5 Å². The van der Waals surface area contributed by atoms with E-state index in [0.29, 0.717) is 22.3 Å². The summed E-state index contributed by atoms with van der Waals surface area (Å²) in [6.07, 6.45) is 3.45. The molecule has 0 aliphatic heterocycles. The molecule has 18 heavy (non-hydrogen) atoms. The molecule has 0 saturated carbocycles. The minimum atomic E-state index is -0.0973. The quantitative estimate of drug-likeness (QED) is 0.829. The molecule has 4 nitrogen and oxygen atoms in total. The highest BCUT2D eigenvalue weighted by molar-refractivity contribution is 7.17. The number of anilines is 1. The van der Waals surface area contributed by atoms with Crippen molar-refractivity contribution in [3.8, 4) is 0 Å². The van der Waals surface area contributed by atoms with E-state index in [9.17, 15) is 4.79 Å². The van der Waals surface area contributed by atoms with Gasteiger partial charge in [-0.05, 0) is 24.3 Å². The number of nitrogens with one attached hydrogen (secondary N) is 2. The number of nitrogens with zero attached hydrogens (tertiary/aromatic N) is 1. The Bertz CT molecular complexity index is 515. The Morgan fingerprint density at radius 2 is 2.22 bits per heavy atom. The lowest BCUT2D eigenvalue weighted by Crippen LogP contribution is -2.28. The fourth-order valence-corrected chi connectivity index (χ4v) is 2.33. The van der Waals surface area contributed by atoms with Gasteiger partial charge in [-0.1, -0.05) is 11.6 Å². The van der Waals surface area contributed by atoms with Crippen LogP contribution in [-0.4, -0.2) is 24.0 Å². The highest BCUT2D eigenvalue weighted by atomic mass is 35.5. The molecule has 0 aliphatic rings. The zero-order valence-corrected chi connectivity index (χ0v) is 11.1.